The molecule has 0 unspecified atom stereocenters. The summed E-state index contributed by atoms with van der Waals surface area (Å²) in [5.41, 5.74) is 2.77. The van der Waals surface area contributed by atoms with Gasteiger partial charge in [0.05, 0.1) is 5.69 Å². The van der Waals surface area contributed by atoms with E-state index in [4.69, 9.17) is 11.2 Å². The maximum absolute atomic E-state index is 12.5. The van der Waals surface area contributed by atoms with E-state index >= 15 is 0 Å². The van der Waals surface area contributed by atoms with Crippen molar-refractivity contribution in [3.05, 3.63) is 69.9 Å². The summed E-state index contributed by atoms with van der Waals surface area (Å²) in [5, 5.41) is 12.7. The van der Waals surface area contributed by atoms with Crippen LogP contribution in [0.1, 0.15) is 32.5 Å². The van der Waals surface area contributed by atoms with E-state index in [9.17, 15) is 14.7 Å². The Morgan fingerprint density at radius 3 is 2.76 bits per heavy atom. The standard InChI is InChI=1S/C23H17NO4S/c1-2-11-28-16-10-6-9-15(12-16)17-13-18(25)24-20-19(14-7-4-3-5-8-14)22(23(26)27)29-21(17)20/h1,3-10,12,17H,11,13H2,(H,24,25)(H,26,27)/t17-/m1/s1. The number of hydrogen-bond acceptors (Lipinski definition) is 4. The van der Waals surface area contributed by atoms with Crippen LogP contribution in [0.5, 0.6) is 5.75 Å². The predicted molar refractivity (Wildman–Crippen MR) is 113 cm³/mol. The lowest BCUT2D eigenvalue weighted by Crippen LogP contribution is -2.22. The highest BCUT2D eigenvalue weighted by Crippen LogP contribution is 2.49. The first kappa shape index (κ1) is 18.8. The summed E-state index contributed by atoms with van der Waals surface area (Å²) < 4.78 is 5.51. The number of fused-ring (bicyclic) bond motifs is 1. The molecule has 2 aromatic carbocycles. The molecular formula is C23H17NO4S. The molecule has 2 heterocycles. The third-order valence-corrected chi connectivity index (χ3v) is 6.04. The van der Waals surface area contributed by atoms with E-state index in [1.54, 1.807) is 6.07 Å². The van der Waals surface area contributed by atoms with Crippen molar-refractivity contribution in [3.8, 4) is 29.2 Å². The van der Waals surface area contributed by atoms with Crippen molar-refractivity contribution in [2.24, 2.45) is 0 Å². The van der Waals surface area contributed by atoms with Gasteiger partial charge in [0.1, 0.15) is 17.2 Å². The fraction of sp³-hybridized carbons (Fsp3) is 0.130. The van der Waals surface area contributed by atoms with Gasteiger partial charge in [-0.1, -0.05) is 48.4 Å². The Bertz CT molecular complexity index is 1130. The molecule has 3 aromatic rings. The number of thiophene rings is 1. The second kappa shape index (κ2) is 7.82. The van der Waals surface area contributed by atoms with Crippen molar-refractivity contribution in [2.45, 2.75) is 12.3 Å². The number of carboxylic acids is 1. The van der Waals surface area contributed by atoms with Crippen LogP contribution in [0.15, 0.2) is 54.6 Å². The van der Waals surface area contributed by atoms with Crippen LogP contribution in [-0.2, 0) is 4.79 Å². The number of hydrogen-bond donors (Lipinski definition) is 2. The smallest absolute Gasteiger partial charge is 0.346 e. The molecule has 0 aliphatic carbocycles. The zero-order valence-corrected chi connectivity index (χ0v) is 16.2. The van der Waals surface area contributed by atoms with Crippen LogP contribution >= 0.6 is 11.3 Å². The van der Waals surface area contributed by atoms with Gasteiger partial charge in [0.15, 0.2) is 0 Å². The van der Waals surface area contributed by atoms with Crippen molar-refractivity contribution >= 4 is 28.9 Å². The normalized spacial score (nSPS) is 15.1. The highest BCUT2D eigenvalue weighted by molar-refractivity contribution is 7.15. The van der Waals surface area contributed by atoms with Gasteiger partial charge < -0.3 is 15.2 Å². The van der Waals surface area contributed by atoms with Crippen molar-refractivity contribution in [1.29, 1.82) is 0 Å². The number of carbonyl (C=O) groups excluding carboxylic acids is 1. The Kier molecular flexibility index (Phi) is 5.07. The Labute approximate surface area is 172 Å². The van der Waals surface area contributed by atoms with Gasteiger partial charge in [0.2, 0.25) is 5.91 Å². The zero-order valence-electron chi connectivity index (χ0n) is 15.3. The minimum absolute atomic E-state index is 0.149. The van der Waals surface area contributed by atoms with Gasteiger partial charge in [-0.05, 0) is 23.3 Å². The SMILES string of the molecule is C#CCOc1cccc([C@H]2CC(=O)Nc3c2sc(C(=O)O)c3-c2ccccc2)c1. The molecule has 1 atom stereocenters. The first-order valence-corrected chi connectivity index (χ1v) is 9.81. The average molecular weight is 403 g/mol. The lowest BCUT2D eigenvalue weighted by atomic mass is 9.88. The molecule has 1 amide bonds. The first-order chi connectivity index (χ1) is 14.1. The summed E-state index contributed by atoms with van der Waals surface area (Å²) in [5.74, 6) is 1.63. The van der Waals surface area contributed by atoms with E-state index in [1.165, 1.54) is 11.3 Å². The van der Waals surface area contributed by atoms with E-state index in [0.29, 0.717) is 17.0 Å². The maximum atomic E-state index is 12.5. The molecule has 4 rings (SSSR count). The van der Waals surface area contributed by atoms with Crippen LogP contribution in [0.2, 0.25) is 0 Å². The van der Waals surface area contributed by atoms with Gasteiger partial charge in [0, 0.05) is 22.8 Å². The van der Waals surface area contributed by atoms with Crippen molar-refractivity contribution < 1.29 is 19.4 Å². The molecule has 6 heteroatoms. The van der Waals surface area contributed by atoms with Gasteiger partial charge in [-0.3, -0.25) is 4.79 Å². The molecule has 0 saturated heterocycles. The van der Waals surface area contributed by atoms with E-state index in [1.807, 2.05) is 48.5 Å². The number of terminal acetylenes is 1. The van der Waals surface area contributed by atoms with Crippen molar-refractivity contribution in [2.75, 3.05) is 11.9 Å². The molecule has 0 fully saturated rings. The second-order valence-electron chi connectivity index (χ2n) is 6.59. The lowest BCUT2D eigenvalue weighted by Gasteiger charge is -2.24. The van der Waals surface area contributed by atoms with Crippen LogP contribution in [0, 0.1) is 12.3 Å². The third-order valence-electron chi connectivity index (χ3n) is 4.75. The van der Waals surface area contributed by atoms with Gasteiger partial charge in [-0.2, -0.15) is 0 Å². The highest BCUT2D eigenvalue weighted by atomic mass is 32.1. The Morgan fingerprint density at radius 2 is 2.03 bits per heavy atom. The number of carbonyl (C=O) groups is 2. The van der Waals surface area contributed by atoms with Crippen molar-refractivity contribution in [3.63, 3.8) is 0 Å². The van der Waals surface area contributed by atoms with Gasteiger partial charge in [-0.25, -0.2) is 4.79 Å². The minimum atomic E-state index is -1.01. The molecule has 5 nitrogen and oxygen atoms in total. The van der Waals surface area contributed by atoms with Crippen LogP contribution < -0.4 is 10.1 Å². The molecule has 144 valence electrons. The Hall–Kier alpha value is -3.56. The number of rotatable bonds is 5. The molecule has 1 aromatic heterocycles. The number of nitrogens with one attached hydrogen (secondary N) is 1. The molecule has 0 radical (unpaired) electrons. The number of carboxylic acid groups (broad SMARTS) is 1. The summed E-state index contributed by atoms with van der Waals surface area (Å²) in [6.45, 7) is 0.153. The van der Waals surface area contributed by atoms with Gasteiger partial charge in [0.25, 0.3) is 0 Å². The number of benzene rings is 2. The fourth-order valence-electron chi connectivity index (χ4n) is 3.53. The summed E-state index contributed by atoms with van der Waals surface area (Å²) in [6.07, 6.45) is 5.50. The molecule has 0 saturated carbocycles. The van der Waals surface area contributed by atoms with Crippen molar-refractivity contribution in [1.82, 2.24) is 0 Å². The van der Waals surface area contributed by atoms with E-state index in [0.717, 1.165) is 16.0 Å². The molecule has 29 heavy (non-hydrogen) atoms. The molecular weight excluding hydrogens is 386 g/mol. The zero-order chi connectivity index (χ0) is 20.4. The average Bonchev–Trinajstić information content (AvgIpc) is 3.12. The number of amides is 1. The van der Waals surface area contributed by atoms with Crippen LogP contribution in [0.25, 0.3) is 11.1 Å². The van der Waals surface area contributed by atoms with E-state index in [-0.39, 0.29) is 29.7 Å². The molecule has 1 aliphatic rings. The van der Waals surface area contributed by atoms with Crippen LogP contribution in [0.3, 0.4) is 0 Å². The summed E-state index contributed by atoms with van der Waals surface area (Å²) >= 11 is 1.21. The molecule has 0 bridgehead atoms. The monoisotopic (exact) mass is 403 g/mol. The predicted octanol–water partition coefficient (Wildman–Crippen LogP) is 4.60. The van der Waals surface area contributed by atoms with E-state index < -0.39 is 5.97 Å². The first-order valence-electron chi connectivity index (χ1n) is 9.00. The van der Waals surface area contributed by atoms with E-state index in [2.05, 4.69) is 11.2 Å². The topological polar surface area (TPSA) is 75.6 Å². The molecule has 2 N–H and O–H groups in total. The second-order valence-corrected chi connectivity index (χ2v) is 7.64. The number of ether oxygens (including phenoxy) is 1. The largest absolute Gasteiger partial charge is 0.481 e. The van der Waals surface area contributed by atoms with Crippen LogP contribution in [0.4, 0.5) is 5.69 Å². The van der Waals surface area contributed by atoms with Gasteiger partial charge >= 0.3 is 5.97 Å². The van der Waals surface area contributed by atoms with Gasteiger partial charge in [-0.15, -0.1) is 17.8 Å². The van der Waals surface area contributed by atoms with Crippen LogP contribution in [-0.4, -0.2) is 23.6 Å². The third kappa shape index (κ3) is 3.60. The summed E-state index contributed by atoms with van der Waals surface area (Å²) in [7, 11) is 0. The maximum Gasteiger partial charge on any atom is 0.346 e. The number of aromatic carboxylic acids is 1. The minimum Gasteiger partial charge on any atom is -0.481 e. The Morgan fingerprint density at radius 1 is 1.24 bits per heavy atom. The summed E-state index contributed by atoms with van der Waals surface area (Å²) in [6, 6.07) is 16.7. The Balaban J connectivity index is 1.85. The lowest BCUT2D eigenvalue weighted by molar-refractivity contribution is -0.116. The highest BCUT2D eigenvalue weighted by Gasteiger charge is 2.34. The summed E-state index contributed by atoms with van der Waals surface area (Å²) in [4.78, 5) is 25.5. The molecule has 0 spiro atoms. The number of anilines is 1. The quantitative estimate of drug-likeness (QED) is 0.611. The fourth-order valence-corrected chi connectivity index (χ4v) is 4.78. The molecule has 1 aliphatic heterocycles.